The number of rotatable bonds is 3. The molecule has 3 rings (SSSR count). The standard InChI is InChI=1S/C14H14FN3O3/c1-9-7-11(17-21-9)14(19)18-6-5-10(8-18)20-13-4-2-3-12(15)16-13/h2-4,7,10H,5-6,8H2,1H3. The van der Waals surface area contributed by atoms with E-state index < -0.39 is 5.95 Å². The van der Waals surface area contributed by atoms with Gasteiger partial charge in [-0.2, -0.15) is 9.37 Å². The van der Waals surface area contributed by atoms with Crippen LogP contribution in [0.5, 0.6) is 5.88 Å². The first-order valence-corrected chi connectivity index (χ1v) is 6.63. The molecule has 0 aliphatic carbocycles. The Bertz CT molecular complexity index is 658. The first kappa shape index (κ1) is 13.5. The van der Waals surface area contributed by atoms with Crippen LogP contribution >= 0.6 is 0 Å². The third-order valence-corrected chi connectivity index (χ3v) is 3.26. The molecule has 1 amide bonds. The zero-order valence-electron chi connectivity index (χ0n) is 11.5. The van der Waals surface area contributed by atoms with Crippen LogP contribution in [0.2, 0.25) is 0 Å². The smallest absolute Gasteiger partial charge is 0.276 e. The van der Waals surface area contributed by atoms with Gasteiger partial charge in [0.05, 0.1) is 6.54 Å². The SMILES string of the molecule is Cc1cc(C(=O)N2CCC(Oc3cccc(F)n3)C2)no1. The average molecular weight is 291 g/mol. The summed E-state index contributed by atoms with van der Waals surface area (Å²) in [5.74, 6) is 0.0440. The van der Waals surface area contributed by atoms with Crippen molar-refractivity contribution in [2.75, 3.05) is 13.1 Å². The van der Waals surface area contributed by atoms with Crippen LogP contribution in [0, 0.1) is 12.9 Å². The molecule has 1 fully saturated rings. The summed E-state index contributed by atoms with van der Waals surface area (Å²) in [5.41, 5.74) is 0.289. The Morgan fingerprint density at radius 1 is 1.52 bits per heavy atom. The Morgan fingerprint density at radius 3 is 3.10 bits per heavy atom. The molecule has 1 unspecified atom stereocenters. The molecule has 0 radical (unpaired) electrons. The van der Waals surface area contributed by atoms with Crippen molar-refractivity contribution in [3.05, 3.63) is 41.7 Å². The Kier molecular flexibility index (Phi) is 3.55. The van der Waals surface area contributed by atoms with E-state index in [0.717, 1.165) is 0 Å². The molecule has 1 aliphatic heterocycles. The molecule has 7 heteroatoms. The number of aryl methyl sites for hydroxylation is 1. The normalized spacial score (nSPS) is 18.0. The molecule has 6 nitrogen and oxygen atoms in total. The maximum Gasteiger partial charge on any atom is 0.276 e. The summed E-state index contributed by atoms with van der Waals surface area (Å²) in [5, 5.41) is 3.71. The molecule has 1 aliphatic rings. The fraction of sp³-hybridized carbons (Fsp3) is 0.357. The molecular weight excluding hydrogens is 277 g/mol. The van der Waals surface area contributed by atoms with E-state index in [1.807, 2.05) is 0 Å². The first-order valence-electron chi connectivity index (χ1n) is 6.63. The molecule has 1 atom stereocenters. The van der Waals surface area contributed by atoms with Gasteiger partial charge in [0, 0.05) is 25.1 Å². The molecule has 2 aromatic rings. The Balaban J connectivity index is 1.61. The largest absolute Gasteiger partial charge is 0.472 e. The minimum absolute atomic E-state index is 0.190. The van der Waals surface area contributed by atoms with Gasteiger partial charge in [-0.3, -0.25) is 4.79 Å². The number of halogens is 1. The van der Waals surface area contributed by atoms with Crippen LogP contribution in [0.25, 0.3) is 0 Å². The van der Waals surface area contributed by atoms with Crippen molar-refractivity contribution in [1.82, 2.24) is 15.0 Å². The summed E-state index contributed by atoms with van der Waals surface area (Å²) >= 11 is 0. The van der Waals surface area contributed by atoms with Crippen molar-refractivity contribution in [3.8, 4) is 5.88 Å². The number of ether oxygens (including phenoxy) is 1. The molecule has 1 saturated heterocycles. The van der Waals surface area contributed by atoms with Gasteiger partial charge in [-0.15, -0.1) is 0 Å². The number of carbonyl (C=O) groups excluding carboxylic acids is 1. The lowest BCUT2D eigenvalue weighted by molar-refractivity contribution is 0.0760. The Morgan fingerprint density at radius 2 is 2.38 bits per heavy atom. The van der Waals surface area contributed by atoms with Crippen LogP contribution in [0.3, 0.4) is 0 Å². The van der Waals surface area contributed by atoms with Gasteiger partial charge >= 0.3 is 0 Å². The van der Waals surface area contributed by atoms with Crippen LogP contribution in [-0.2, 0) is 0 Å². The minimum Gasteiger partial charge on any atom is -0.472 e. The van der Waals surface area contributed by atoms with E-state index in [1.54, 1.807) is 24.0 Å². The maximum atomic E-state index is 13.0. The van der Waals surface area contributed by atoms with E-state index in [-0.39, 0.29) is 23.6 Å². The van der Waals surface area contributed by atoms with Crippen molar-refractivity contribution in [1.29, 1.82) is 0 Å². The lowest BCUT2D eigenvalue weighted by atomic mass is 10.3. The average Bonchev–Trinajstić information content (AvgIpc) is 3.07. The fourth-order valence-electron chi connectivity index (χ4n) is 2.26. The van der Waals surface area contributed by atoms with Gasteiger partial charge in [0.2, 0.25) is 11.8 Å². The van der Waals surface area contributed by atoms with E-state index in [9.17, 15) is 9.18 Å². The summed E-state index contributed by atoms with van der Waals surface area (Å²) in [6.45, 7) is 2.71. The molecule has 0 aromatic carbocycles. The van der Waals surface area contributed by atoms with Crippen molar-refractivity contribution in [3.63, 3.8) is 0 Å². The van der Waals surface area contributed by atoms with Crippen LogP contribution in [0.15, 0.2) is 28.8 Å². The molecule has 0 saturated carbocycles. The second-order valence-corrected chi connectivity index (χ2v) is 4.90. The van der Waals surface area contributed by atoms with E-state index >= 15 is 0 Å². The topological polar surface area (TPSA) is 68.5 Å². The maximum absolute atomic E-state index is 13.0. The van der Waals surface area contributed by atoms with E-state index in [0.29, 0.717) is 25.3 Å². The van der Waals surface area contributed by atoms with Crippen molar-refractivity contribution in [2.24, 2.45) is 0 Å². The third-order valence-electron chi connectivity index (χ3n) is 3.26. The van der Waals surface area contributed by atoms with Gasteiger partial charge in [0.1, 0.15) is 11.9 Å². The predicted octanol–water partition coefficient (Wildman–Crippen LogP) is 1.81. The second-order valence-electron chi connectivity index (χ2n) is 4.90. The molecule has 3 heterocycles. The summed E-state index contributed by atoms with van der Waals surface area (Å²) in [6, 6.07) is 5.98. The molecular formula is C14H14FN3O3. The fourth-order valence-corrected chi connectivity index (χ4v) is 2.26. The number of pyridine rings is 1. The van der Waals surface area contributed by atoms with Crippen LogP contribution in [0.4, 0.5) is 4.39 Å². The molecule has 21 heavy (non-hydrogen) atoms. The Hall–Kier alpha value is -2.44. The lowest BCUT2D eigenvalue weighted by Gasteiger charge is -2.15. The van der Waals surface area contributed by atoms with Gasteiger partial charge in [-0.25, -0.2) is 0 Å². The highest BCUT2D eigenvalue weighted by atomic mass is 19.1. The minimum atomic E-state index is -0.587. The summed E-state index contributed by atoms with van der Waals surface area (Å²) < 4.78 is 23.5. The van der Waals surface area contributed by atoms with Gasteiger partial charge in [-0.05, 0) is 13.0 Å². The Labute approximate surface area is 120 Å². The summed E-state index contributed by atoms with van der Waals surface area (Å²) in [6.07, 6.45) is 0.470. The van der Waals surface area contributed by atoms with Crippen LogP contribution in [-0.4, -0.2) is 40.1 Å². The lowest BCUT2D eigenvalue weighted by Crippen LogP contribution is -2.31. The number of aromatic nitrogens is 2. The first-order chi connectivity index (χ1) is 10.1. The van der Waals surface area contributed by atoms with E-state index in [4.69, 9.17) is 9.26 Å². The van der Waals surface area contributed by atoms with E-state index in [2.05, 4.69) is 10.1 Å². The van der Waals surface area contributed by atoms with Gasteiger partial charge < -0.3 is 14.2 Å². The van der Waals surface area contributed by atoms with Gasteiger partial charge in [0.15, 0.2) is 5.69 Å². The number of carbonyl (C=O) groups is 1. The number of amides is 1. The van der Waals surface area contributed by atoms with Crippen molar-refractivity contribution < 1.29 is 18.4 Å². The molecule has 0 N–H and O–H groups in total. The van der Waals surface area contributed by atoms with Crippen molar-refractivity contribution in [2.45, 2.75) is 19.4 Å². The summed E-state index contributed by atoms with van der Waals surface area (Å²) in [7, 11) is 0. The van der Waals surface area contributed by atoms with Crippen LogP contribution in [0.1, 0.15) is 22.7 Å². The molecule has 0 spiro atoms. The highest BCUT2D eigenvalue weighted by molar-refractivity contribution is 5.92. The molecule has 110 valence electrons. The van der Waals surface area contributed by atoms with Gasteiger partial charge in [0.25, 0.3) is 5.91 Å². The third kappa shape index (κ3) is 3.01. The highest BCUT2D eigenvalue weighted by Crippen LogP contribution is 2.18. The zero-order valence-corrected chi connectivity index (χ0v) is 11.5. The molecule has 2 aromatic heterocycles. The second kappa shape index (κ2) is 5.51. The number of hydrogen-bond acceptors (Lipinski definition) is 5. The number of hydrogen-bond donors (Lipinski definition) is 0. The number of nitrogens with zero attached hydrogens (tertiary/aromatic N) is 3. The van der Waals surface area contributed by atoms with Gasteiger partial charge in [-0.1, -0.05) is 11.2 Å². The monoisotopic (exact) mass is 291 g/mol. The van der Waals surface area contributed by atoms with E-state index in [1.165, 1.54) is 12.1 Å². The zero-order chi connectivity index (χ0) is 14.8. The highest BCUT2D eigenvalue weighted by Gasteiger charge is 2.30. The predicted molar refractivity (Wildman–Crippen MR) is 70.4 cm³/mol. The van der Waals surface area contributed by atoms with Crippen molar-refractivity contribution >= 4 is 5.91 Å². The van der Waals surface area contributed by atoms with Crippen LogP contribution < -0.4 is 4.74 Å². The number of likely N-dealkylation sites (tertiary alicyclic amines) is 1. The molecule has 0 bridgehead atoms. The quantitative estimate of drug-likeness (QED) is 0.807. The summed E-state index contributed by atoms with van der Waals surface area (Å²) in [4.78, 5) is 17.5.